The Kier molecular flexibility index (Phi) is 5.68. The molecule has 3 heterocycles. The van der Waals surface area contributed by atoms with E-state index in [4.69, 9.17) is 27.7 Å². The quantitative estimate of drug-likeness (QED) is 0.381. The number of alkyl halides is 3. The summed E-state index contributed by atoms with van der Waals surface area (Å²) in [6.45, 7) is 0. The zero-order valence-corrected chi connectivity index (χ0v) is 18.5. The van der Waals surface area contributed by atoms with Crippen molar-refractivity contribution in [1.82, 2.24) is 19.5 Å². The number of fused-ring (bicyclic) bond motifs is 1. The second-order valence-corrected chi connectivity index (χ2v) is 10.1. The number of aromatic nitrogens is 4. The van der Waals surface area contributed by atoms with Gasteiger partial charge in [0.05, 0.1) is 21.4 Å². The molecular formula is C19H13Cl2F3N4O3S. The van der Waals surface area contributed by atoms with Gasteiger partial charge in [0.25, 0.3) is 5.89 Å². The van der Waals surface area contributed by atoms with Crippen LogP contribution in [0.2, 0.25) is 10.0 Å². The molecule has 0 aliphatic carbocycles. The lowest BCUT2D eigenvalue weighted by atomic mass is 10.1. The maximum atomic E-state index is 13.0. The van der Waals surface area contributed by atoms with E-state index >= 15 is 0 Å². The molecule has 0 saturated carbocycles. The molecule has 0 spiro atoms. The van der Waals surface area contributed by atoms with E-state index in [2.05, 4.69) is 15.1 Å². The molecule has 4 rings (SSSR count). The van der Waals surface area contributed by atoms with E-state index in [-0.39, 0.29) is 38.9 Å². The summed E-state index contributed by atoms with van der Waals surface area (Å²) < 4.78 is 68.0. The molecule has 0 amide bonds. The van der Waals surface area contributed by atoms with Crippen molar-refractivity contribution in [2.24, 2.45) is 0 Å². The second kappa shape index (κ2) is 8.05. The molecule has 0 radical (unpaired) electrons. The van der Waals surface area contributed by atoms with Crippen LogP contribution in [0.25, 0.3) is 28.6 Å². The molecule has 0 bridgehead atoms. The largest absolute Gasteiger partial charge is 0.417 e. The van der Waals surface area contributed by atoms with Gasteiger partial charge in [-0.05, 0) is 30.2 Å². The Morgan fingerprint density at radius 1 is 1.09 bits per heavy atom. The molecule has 0 unspecified atom stereocenters. The predicted octanol–water partition coefficient (Wildman–Crippen LogP) is 4.96. The van der Waals surface area contributed by atoms with Crippen molar-refractivity contribution >= 4 is 38.7 Å². The van der Waals surface area contributed by atoms with E-state index in [1.54, 1.807) is 18.2 Å². The van der Waals surface area contributed by atoms with Crippen LogP contribution in [0.1, 0.15) is 11.1 Å². The minimum absolute atomic E-state index is 0.0124. The van der Waals surface area contributed by atoms with Crippen LogP contribution in [-0.2, 0) is 22.4 Å². The standard InChI is InChI=1S/C19H13Cl2F3N4O3S/c1-32(29,30)5-4-10-2-3-12(13(20)6-10)16-26-18(31-27-16)15-9-28-8-11(19(22,23)24)7-14(21)17(28)25-15/h2-3,6-9H,4-5H2,1H3. The van der Waals surface area contributed by atoms with E-state index < -0.39 is 21.6 Å². The molecule has 3 aromatic heterocycles. The number of hydrogen-bond acceptors (Lipinski definition) is 6. The number of rotatable bonds is 5. The normalized spacial score (nSPS) is 12.6. The highest BCUT2D eigenvalue weighted by Crippen LogP contribution is 2.34. The number of nitrogens with zero attached hydrogens (tertiary/aromatic N) is 4. The van der Waals surface area contributed by atoms with Crippen LogP contribution < -0.4 is 0 Å². The Hall–Kier alpha value is -2.63. The van der Waals surface area contributed by atoms with Gasteiger partial charge in [0, 0.05) is 24.2 Å². The molecule has 0 N–H and O–H groups in total. The Morgan fingerprint density at radius 2 is 1.84 bits per heavy atom. The van der Waals surface area contributed by atoms with E-state index in [9.17, 15) is 21.6 Å². The maximum Gasteiger partial charge on any atom is 0.417 e. The third kappa shape index (κ3) is 4.74. The van der Waals surface area contributed by atoms with Gasteiger partial charge in [-0.25, -0.2) is 13.4 Å². The summed E-state index contributed by atoms with van der Waals surface area (Å²) in [6.07, 6.45) is -0.951. The highest BCUT2D eigenvalue weighted by molar-refractivity contribution is 7.90. The van der Waals surface area contributed by atoms with E-state index in [1.807, 2.05) is 0 Å². The summed E-state index contributed by atoms with van der Waals surface area (Å²) in [5, 5.41) is 3.97. The first-order valence-electron chi connectivity index (χ1n) is 8.97. The van der Waals surface area contributed by atoms with Crippen LogP contribution >= 0.6 is 23.2 Å². The van der Waals surface area contributed by atoms with E-state index in [1.165, 1.54) is 6.20 Å². The van der Waals surface area contributed by atoms with Gasteiger partial charge in [-0.3, -0.25) is 0 Å². The maximum absolute atomic E-state index is 13.0. The first-order valence-corrected chi connectivity index (χ1v) is 11.8. The fraction of sp³-hybridized carbons (Fsp3) is 0.211. The first kappa shape index (κ1) is 22.6. The first-order chi connectivity index (χ1) is 14.9. The Balaban J connectivity index is 1.64. The van der Waals surface area contributed by atoms with Crippen LogP contribution in [0.3, 0.4) is 0 Å². The Labute approximate surface area is 189 Å². The smallest absolute Gasteiger partial charge is 0.332 e. The van der Waals surface area contributed by atoms with Gasteiger partial charge in [-0.2, -0.15) is 18.2 Å². The number of pyridine rings is 1. The van der Waals surface area contributed by atoms with Crippen LogP contribution in [0.4, 0.5) is 13.2 Å². The van der Waals surface area contributed by atoms with Gasteiger partial charge in [0.2, 0.25) is 5.82 Å². The number of halogens is 5. The molecule has 4 aromatic rings. The predicted molar refractivity (Wildman–Crippen MR) is 112 cm³/mol. The molecule has 0 fully saturated rings. The highest BCUT2D eigenvalue weighted by atomic mass is 35.5. The Morgan fingerprint density at radius 3 is 2.50 bits per heavy atom. The third-order valence-corrected chi connectivity index (χ3v) is 6.05. The monoisotopic (exact) mass is 504 g/mol. The van der Waals surface area contributed by atoms with Crippen molar-refractivity contribution in [2.45, 2.75) is 12.6 Å². The number of hydrogen-bond donors (Lipinski definition) is 0. The van der Waals surface area contributed by atoms with Crippen molar-refractivity contribution in [3.63, 3.8) is 0 Å². The number of aryl methyl sites for hydroxylation is 1. The van der Waals surface area contributed by atoms with Gasteiger partial charge >= 0.3 is 6.18 Å². The van der Waals surface area contributed by atoms with Crippen LogP contribution in [0.5, 0.6) is 0 Å². The van der Waals surface area contributed by atoms with Crippen molar-refractivity contribution in [3.8, 4) is 23.0 Å². The fourth-order valence-electron chi connectivity index (χ4n) is 2.95. The summed E-state index contributed by atoms with van der Waals surface area (Å²) in [7, 11) is -3.11. The molecule has 0 atom stereocenters. The lowest BCUT2D eigenvalue weighted by Gasteiger charge is -2.07. The lowest BCUT2D eigenvalue weighted by Crippen LogP contribution is -2.06. The molecule has 13 heteroatoms. The van der Waals surface area contributed by atoms with E-state index in [0.717, 1.165) is 28.5 Å². The molecule has 168 valence electrons. The van der Waals surface area contributed by atoms with Crippen molar-refractivity contribution in [2.75, 3.05) is 12.0 Å². The zero-order chi connectivity index (χ0) is 23.3. The number of sulfone groups is 1. The van der Waals surface area contributed by atoms with Crippen molar-refractivity contribution in [3.05, 3.63) is 57.8 Å². The van der Waals surface area contributed by atoms with Gasteiger partial charge in [0.15, 0.2) is 5.65 Å². The van der Waals surface area contributed by atoms with Crippen LogP contribution in [-0.4, -0.2) is 40.0 Å². The van der Waals surface area contributed by atoms with Gasteiger partial charge in [0.1, 0.15) is 15.5 Å². The van der Waals surface area contributed by atoms with E-state index in [0.29, 0.717) is 12.0 Å². The summed E-state index contributed by atoms with van der Waals surface area (Å²) in [6, 6.07) is 5.73. The topological polar surface area (TPSA) is 90.4 Å². The molecule has 0 saturated heterocycles. The van der Waals surface area contributed by atoms with Crippen molar-refractivity contribution < 1.29 is 26.1 Å². The molecule has 0 aliphatic rings. The lowest BCUT2D eigenvalue weighted by molar-refractivity contribution is -0.137. The minimum atomic E-state index is -4.57. The summed E-state index contributed by atoms with van der Waals surface area (Å²) in [5.41, 5.74) is 0.468. The van der Waals surface area contributed by atoms with Gasteiger partial charge < -0.3 is 8.92 Å². The third-order valence-electron chi connectivity index (χ3n) is 4.51. The number of benzene rings is 1. The molecule has 7 nitrogen and oxygen atoms in total. The minimum Gasteiger partial charge on any atom is -0.332 e. The van der Waals surface area contributed by atoms with Gasteiger partial charge in [-0.15, -0.1) is 0 Å². The molecule has 0 aliphatic heterocycles. The fourth-order valence-corrected chi connectivity index (χ4v) is 4.10. The average Bonchev–Trinajstić information content (AvgIpc) is 3.32. The zero-order valence-electron chi connectivity index (χ0n) is 16.2. The molecule has 32 heavy (non-hydrogen) atoms. The average molecular weight is 505 g/mol. The summed E-state index contributed by atoms with van der Waals surface area (Å²) >= 11 is 12.3. The molecular weight excluding hydrogens is 492 g/mol. The second-order valence-electron chi connectivity index (χ2n) is 7.05. The van der Waals surface area contributed by atoms with Crippen molar-refractivity contribution in [1.29, 1.82) is 0 Å². The summed E-state index contributed by atoms with van der Waals surface area (Å²) in [5.74, 6) is 0.0889. The molecule has 1 aromatic carbocycles. The highest BCUT2D eigenvalue weighted by Gasteiger charge is 2.32. The number of imidazole rings is 1. The van der Waals surface area contributed by atoms with Gasteiger partial charge in [-0.1, -0.05) is 34.4 Å². The Bertz CT molecular complexity index is 1430. The van der Waals surface area contributed by atoms with Crippen LogP contribution in [0, 0.1) is 0 Å². The van der Waals surface area contributed by atoms with Crippen LogP contribution in [0.15, 0.2) is 41.2 Å². The summed E-state index contributed by atoms with van der Waals surface area (Å²) in [4.78, 5) is 8.40. The SMILES string of the molecule is CS(=O)(=O)CCc1ccc(-c2noc(-c3cn4cc(C(F)(F)F)cc(Cl)c4n3)n2)c(Cl)c1.